The Balaban J connectivity index is 2.13. The van der Waals surface area contributed by atoms with E-state index in [4.69, 9.17) is 5.73 Å². The molecule has 2 rings (SSSR count). The Morgan fingerprint density at radius 3 is 2.41 bits per heavy atom. The van der Waals surface area contributed by atoms with Crippen molar-refractivity contribution in [3.63, 3.8) is 0 Å². The van der Waals surface area contributed by atoms with Crippen LogP contribution >= 0.6 is 0 Å². The summed E-state index contributed by atoms with van der Waals surface area (Å²) in [6.07, 6.45) is 5.27. The first-order valence-corrected chi connectivity index (χ1v) is 6.09. The first-order valence-electron chi connectivity index (χ1n) is 6.09. The van der Waals surface area contributed by atoms with Gasteiger partial charge >= 0.3 is 0 Å². The highest BCUT2D eigenvalue weighted by Crippen LogP contribution is 2.11. The molecule has 1 aromatic heterocycles. The van der Waals surface area contributed by atoms with Gasteiger partial charge in [-0.05, 0) is 44.0 Å². The second kappa shape index (κ2) is 5.19. The van der Waals surface area contributed by atoms with Gasteiger partial charge in [0.25, 0.3) is 0 Å². The van der Waals surface area contributed by atoms with E-state index in [1.54, 1.807) is 0 Å². The molecule has 0 unspecified atom stereocenters. The third-order valence-electron chi connectivity index (χ3n) is 2.89. The van der Waals surface area contributed by atoms with Gasteiger partial charge in [0, 0.05) is 18.9 Å². The Morgan fingerprint density at radius 1 is 1.06 bits per heavy atom. The second-order valence-electron chi connectivity index (χ2n) is 4.73. The number of nitrogens with two attached hydrogens (primary N) is 1. The molecule has 0 aliphatic rings. The normalized spacial score (nSPS) is 10.8. The monoisotopic (exact) mass is 228 g/mol. The first kappa shape index (κ1) is 11.9. The fraction of sp³-hybridized carbons (Fsp3) is 0.333. The predicted octanol–water partition coefficient (Wildman–Crippen LogP) is 2.65. The zero-order valence-electron chi connectivity index (χ0n) is 10.6. The van der Waals surface area contributed by atoms with Gasteiger partial charge < -0.3 is 10.3 Å². The van der Waals surface area contributed by atoms with Crippen LogP contribution in [0, 0.1) is 13.8 Å². The summed E-state index contributed by atoms with van der Waals surface area (Å²) in [6, 6.07) is 8.85. The van der Waals surface area contributed by atoms with Crippen LogP contribution in [0.25, 0.3) is 0 Å². The second-order valence-corrected chi connectivity index (χ2v) is 4.73. The molecule has 0 amide bonds. The van der Waals surface area contributed by atoms with Gasteiger partial charge in [-0.1, -0.05) is 29.3 Å². The summed E-state index contributed by atoms with van der Waals surface area (Å²) >= 11 is 0. The van der Waals surface area contributed by atoms with Crippen LogP contribution in [-0.2, 0) is 13.0 Å². The van der Waals surface area contributed by atoms with Crippen molar-refractivity contribution < 1.29 is 0 Å². The highest BCUT2D eigenvalue weighted by molar-refractivity contribution is 5.29. The van der Waals surface area contributed by atoms with Crippen LogP contribution in [0.2, 0.25) is 0 Å². The molecule has 2 aromatic rings. The highest BCUT2D eigenvalue weighted by atomic mass is 14.9. The lowest BCUT2D eigenvalue weighted by Crippen LogP contribution is -2.02. The third kappa shape index (κ3) is 3.21. The predicted molar refractivity (Wildman–Crippen MR) is 72.2 cm³/mol. The standard InChI is InChI=1S/C15H20N2/c1-12-7-13(2)9-15(8-12)11-17-6-4-14(10-17)3-5-16/h4,6-10H,3,5,11,16H2,1-2H3. The van der Waals surface area contributed by atoms with Crippen LogP contribution in [0.5, 0.6) is 0 Å². The molecular formula is C15H20N2. The molecule has 2 N–H and O–H groups in total. The Morgan fingerprint density at radius 2 is 1.76 bits per heavy atom. The molecule has 90 valence electrons. The molecule has 0 atom stereocenters. The minimum atomic E-state index is 0.716. The van der Waals surface area contributed by atoms with Gasteiger partial charge in [0.1, 0.15) is 0 Å². The van der Waals surface area contributed by atoms with Gasteiger partial charge in [0.15, 0.2) is 0 Å². The van der Waals surface area contributed by atoms with Crippen molar-refractivity contribution in [1.82, 2.24) is 4.57 Å². The highest BCUT2D eigenvalue weighted by Gasteiger charge is 1.99. The molecule has 1 heterocycles. The van der Waals surface area contributed by atoms with Gasteiger partial charge in [-0.2, -0.15) is 0 Å². The molecule has 0 saturated carbocycles. The summed E-state index contributed by atoms with van der Waals surface area (Å²) in [4.78, 5) is 0. The number of hydrogen-bond donors (Lipinski definition) is 1. The van der Waals surface area contributed by atoms with E-state index in [2.05, 4.69) is 55.1 Å². The SMILES string of the molecule is Cc1cc(C)cc(Cn2ccc(CCN)c2)c1. The number of nitrogens with zero attached hydrogens (tertiary/aromatic N) is 1. The molecule has 0 bridgehead atoms. The number of hydrogen-bond acceptors (Lipinski definition) is 1. The summed E-state index contributed by atoms with van der Waals surface area (Å²) in [5, 5.41) is 0. The van der Waals surface area contributed by atoms with E-state index in [-0.39, 0.29) is 0 Å². The minimum Gasteiger partial charge on any atom is -0.350 e. The molecule has 2 heteroatoms. The molecule has 0 aliphatic carbocycles. The first-order chi connectivity index (χ1) is 8.17. The summed E-state index contributed by atoms with van der Waals surface area (Å²) in [6.45, 7) is 5.94. The zero-order valence-corrected chi connectivity index (χ0v) is 10.6. The molecule has 1 aromatic carbocycles. The van der Waals surface area contributed by atoms with Crippen molar-refractivity contribution in [3.05, 3.63) is 58.9 Å². The quantitative estimate of drug-likeness (QED) is 0.857. The number of benzene rings is 1. The van der Waals surface area contributed by atoms with Gasteiger partial charge in [-0.25, -0.2) is 0 Å². The van der Waals surface area contributed by atoms with Gasteiger partial charge in [-0.15, -0.1) is 0 Å². The maximum atomic E-state index is 5.55. The molecule has 0 aliphatic heterocycles. The van der Waals surface area contributed by atoms with Crippen LogP contribution in [0.1, 0.15) is 22.3 Å². The Kier molecular flexibility index (Phi) is 3.64. The van der Waals surface area contributed by atoms with Gasteiger partial charge in [-0.3, -0.25) is 0 Å². The van der Waals surface area contributed by atoms with E-state index >= 15 is 0 Å². The van der Waals surface area contributed by atoms with Crippen molar-refractivity contribution in [1.29, 1.82) is 0 Å². The fourth-order valence-corrected chi connectivity index (χ4v) is 2.27. The van der Waals surface area contributed by atoms with E-state index < -0.39 is 0 Å². The topological polar surface area (TPSA) is 30.9 Å². The van der Waals surface area contributed by atoms with Crippen LogP contribution in [-0.4, -0.2) is 11.1 Å². The summed E-state index contributed by atoms with van der Waals surface area (Å²) in [5.74, 6) is 0. The molecular weight excluding hydrogens is 208 g/mol. The van der Waals surface area contributed by atoms with Gasteiger partial charge in [0.05, 0.1) is 0 Å². The summed E-state index contributed by atoms with van der Waals surface area (Å²) < 4.78 is 2.22. The molecule has 2 nitrogen and oxygen atoms in total. The lowest BCUT2D eigenvalue weighted by Gasteiger charge is -2.06. The molecule has 0 saturated heterocycles. The molecule has 0 radical (unpaired) electrons. The number of rotatable bonds is 4. The van der Waals surface area contributed by atoms with Crippen molar-refractivity contribution in [3.8, 4) is 0 Å². The lowest BCUT2D eigenvalue weighted by molar-refractivity contribution is 0.798. The Bertz CT molecular complexity index is 477. The van der Waals surface area contributed by atoms with Crippen LogP contribution < -0.4 is 5.73 Å². The van der Waals surface area contributed by atoms with E-state index in [0.29, 0.717) is 6.54 Å². The van der Waals surface area contributed by atoms with Crippen molar-refractivity contribution in [2.75, 3.05) is 6.54 Å². The van der Waals surface area contributed by atoms with Crippen molar-refractivity contribution in [2.24, 2.45) is 5.73 Å². The maximum Gasteiger partial charge on any atom is 0.0470 e. The molecule has 0 fully saturated rings. The molecule has 0 spiro atoms. The van der Waals surface area contributed by atoms with E-state index in [0.717, 1.165) is 13.0 Å². The van der Waals surface area contributed by atoms with E-state index in [1.807, 2.05) is 0 Å². The molecule has 17 heavy (non-hydrogen) atoms. The smallest absolute Gasteiger partial charge is 0.0470 e. The largest absolute Gasteiger partial charge is 0.350 e. The summed E-state index contributed by atoms with van der Waals surface area (Å²) in [5.41, 5.74) is 10.9. The zero-order chi connectivity index (χ0) is 12.3. The van der Waals surface area contributed by atoms with Crippen LogP contribution in [0.4, 0.5) is 0 Å². The number of aromatic nitrogens is 1. The lowest BCUT2D eigenvalue weighted by atomic mass is 10.1. The summed E-state index contributed by atoms with van der Waals surface area (Å²) in [7, 11) is 0. The van der Waals surface area contributed by atoms with Crippen LogP contribution in [0.3, 0.4) is 0 Å². The number of aryl methyl sites for hydroxylation is 2. The Hall–Kier alpha value is -1.54. The van der Waals surface area contributed by atoms with Crippen molar-refractivity contribution >= 4 is 0 Å². The minimum absolute atomic E-state index is 0.716. The van der Waals surface area contributed by atoms with E-state index in [9.17, 15) is 0 Å². The average Bonchev–Trinajstić information content (AvgIpc) is 2.64. The van der Waals surface area contributed by atoms with E-state index in [1.165, 1.54) is 22.3 Å². The Labute approximate surface area is 103 Å². The van der Waals surface area contributed by atoms with Crippen LogP contribution in [0.15, 0.2) is 36.7 Å². The fourth-order valence-electron chi connectivity index (χ4n) is 2.27. The van der Waals surface area contributed by atoms with Crippen molar-refractivity contribution in [2.45, 2.75) is 26.8 Å². The maximum absolute atomic E-state index is 5.55. The van der Waals surface area contributed by atoms with Gasteiger partial charge in [0.2, 0.25) is 0 Å². The third-order valence-corrected chi connectivity index (χ3v) is 2.89. The average molecular weight is 228 g/mol.